The van der Waals surface area contributed by atoms with E-state index in [1.807, 2.05) is 11.8 Å². The number of aromatic nitrogens is 2. The molecule has 1 aliphatic rings. The number of nitrogens with one attached hydrogen (secondary N) is 2. The van der Waals surface area contributed by atoms with Crippen molar-refractivity contribution in [1.82, 2.24) is 15.5 Å². The Bertz CT molecular complexity index is 306. The monoisotopic (exact) mass is 225 g/mol. The average molecular weight is 225 g/mol. The lowest BCUT2D eigenvalue weighted by Crippen LogP contribution is -2.31. The second-order valence-electron chi connectivity index (χ2n) is 3.69. The van der Waals surface area contributed by atoms with Crippen molar-refractivity contribution in [3.63, 3.8) is 0 Å². The summed E-state index contributed by atoms with van der Waals surface area (Å²) in [6.07, 6.45) is 6.99. The van der Waals surface area contributed by atoms with E-state index in [1.165, 1.54) is 25.0 Å². The first-order valence-electron chi connectivity index (χ1n) is 5.25. The first-order valence-corrected chi connectivity index (χ1v) is 6.30. The summed E-state index contributed by atoms with van der Waals surface area (Å²) in [6, 6.07) is 0. The molecule has 0 spiro atoms. The van der Waals surface area contributed by atoms with Crippen molar-refractivity contribution in [2.45, 2.75) is 24.5 Å². The third-order valence-corrected chi connectivity index (χ3v) is 3.92. The van der Waals surface area contributed by atoms with Gasteiger partial charge < -0.3 is 5.32 Å². The Labute approximate surface area is 93.2 Å². The molecule has 0 aromatic carbocycles. The van der Waals surface area contributed by atoms with Gasteiger partial charge in [-0.1, -0.05) is 6.42 Å². The van der Waals surface area contributed by atoms with E-state index in [2.05, 4.69) is 15.5 Å². The van der Waals surface area contributed by atoms with Gasteiger partial charge in [0.1, 0.15) is 0 Å². The first kappa shape index (κ1) is 10.5. The molecule has 4 nitrogen and oxygen atoms in total. The van der Waals surface area contributed by atoms with E-state index in [-0.39, 0.29) is 5.91 Å². The van der Waals surface area contributed by atoms with Gasteiger partial charge >= 0.3 is 0 Å². The number of rotatable bonds is 3. The van der Waals surface area contributed by atoms with E-state index in [4.69, 9.17) is 0 Å². The second kappa shape index (κ2) is 5.21. The van der Waals surface area contributed by atoms with Gasteiger partial charge in [-0.25, -0.2) is 0 Å². The molecule has 1 aliphatic heterocycles. The van der Waals surface area contributed by atoms with Crippen LogP contribution in [0.15, 0.2) is 12.4 Å². The maximum Gasteiger partial charge on any atom is 0.254 e. The van der Waals surface area contributed by atoms with Crippen LogP contribution in [0.4, 0.5) is 0 Å². The van der Waals surface area contributed by atoms with E-state index in [1.54, 1.807) is 12.4 Å². The highest BCUT2D eigenvalue weighted by Crippen LogP contribution is 2.24. The molecule has 0 bridgehead atoms. The molecule has 1 fully saturated rings. The van der Waals surface area contributed by atoms with E-state index >= 15 is 0 Å². The van der Waals surface area contributed by atoms with Crippen molar-refractivity contribution >= 4 is 17.7 Å². The van der Waals surface area contributed by atoms with Crippen LogP contribution in [0.1, 0.15) is 29.6 Å². The molecule has 2 rings (SSSR count). The Morgan fingerprint density at radius 1 is 1.67 bits per heavy atom. The summed E-state index contributed by atoms with van der Waals surface area (Å²) in [4.78, 5) is 11.6. The largest absolute Gasteiger partial charge is 0.351 e. The molecule has 0 aliphatic carbocycles. The van der Waals surface area contributed by atoms with Gasteiger partial charge in [0, 0.05) is 18.0 Å². The fourth-order valence-corrected chi connectivity index (χ4v) is 2.89. The molecule has 1 amide bonds. The molecule has 82 valence electrons. The Hall–Kier alpha value is -0.970. The van der Waals surface area contributed by atoms with Crippen molar-refractivity contribution in [1.29, 1.82) is 0 Å². The van der Waals surface area contributed by atoms with Crippen LogP contribution in [0.3, 0.4) is 0 Å². The van der Waals surface area contributed by atoms with Crippen LogP contribution in [0.25, 0.3) is 0 Å². The number of thioether (sulfide) groups is 1. The maximum atomic E-state index is 11.6. The number of hydrogen-bond donors (Lipinski definition) is 2. The molecule has 0 radical (unpaired) electrons. The molecule has 1 saturated heterocycles. The Morgan fingerprint density at radius 3 is 3.27 bits per heavy atom. The second-order valence-corrected chi connectivity index (χ2v) is 5.09. The number of carbonyl (C=O) groups is 1. The zero-order valence-electron chi connectivity index (χ0n) is 8.53. The fourth-order valence-electron chi connectivity index (χ4n) is 1.65. The lowest BCUT2D eigenvalue weighted by atomic mass is 10.2. The van der Waals surface area contributed by atoms with Crippen LogP contribution in [0.2, 0.25) is 0 Å². The molecule has 15 heavy (non-hydrogen) atoms. The number of hydrogen-bond acceptors (Lipinski definition) is 3. The summed E-state index contributed by atoms with van der Waals surface area (Å²) in [5.74, 6) is 1.20. The number of nitrogens with zero attached hydrogens (tertiary/aromatic N) is 1. The van der Waals surface area contributed by atoms with Gasteiger partial charge in [-0.05, 0) is 18.6 Å². The summed E-state index contributed by atoms with van der Waals surface area (Å²) in [7, 11) is 0. The van der Waals surface area contributed by atoms with E-state index in [0.29, 0.717) is 10.8 Å². The van der Waals surface area contributed by atoms with Gasteiger partial charge in [-0.2, -0.15) is 16.9 Å². The average Bonchev–Trinajstić information content (AvgIpc) is 2.81. The standard InChI is InChI=1S/C10H15N3OS/c14-10(8-5-12-13-6-8)11-7-9-3-1-2-4-15-9/h5-6,9H,1-4,7H2,(H,11,14)(H,12,13). The minimum absolute atomic E-state index is 0.0325. The Kier molecular flexibility index (Phi) is 3.66. The quantitative estimate of drug-likeness (QED) is 0.818. The third kappa shape index (κ3) is 2.99. The molecule has 1 unspecified atom stereocenters. The minimum atomic E-state index is -0.0325. The normalized spacial score (nSPS) is 21.2. The number of aromatic amines is 1. The van der Waals surface area contributed by atoms with Gasteiger partial charge in [0.25, 0.3) is 5.91 Å². The highest BCUT2D eigenvalue weighted by molar-refractivity contribution is 7.99. The summed E-state index contributed by atoms with van der Waals surface area (Å²) >= 11 is 1.96. The van der Waals surface area contributed by atoms with Crippen molar-refractivity contribution in [2.75, 3.05) is 12.3 Å². The van der Waals surface area contributed by atoms with E-state index in [0.717, 1.165) is 6.54 Å². The summed E-state index contributed by atoms with van der Waals surface area (Å²) < 4.78 is 0. The van der Waals surface area contributed by atoms with Crippen LogP contribution in [0.5, 0.6) is 0 Å². The van der Waals surface area contributed by atoms with Crippen molar-refractivity contribution in [2.24, 2.45) is 0 Å². The topological polar surface area (TPSA) is 57.8 Å². The summed E-state index contributed by atoms with van der Waals surface area (Å²) in [5.41, 5.74) is 0.607. The van der Waals surface area contributed by atoms with Crippen molar-refractivity contribution < 1.29 is 4.79 Å². The number of amides is 1. The molecule has 1 atom stereocenters. The van der Waals surface area contributed by atoms with Crippen LogP contribution in [-0.4, -0.2) is 33.7 Å². The van der Waals surface area contributed by atoms with E-state index < -0.39 is 0 Å². The van der Waals surface area contributed by atoms with Crippen LogP contribution in [0, 0.1) is 0 Å². The molecular weight excluding hydrogens is 210 g/mol. The van der Waals surface area contributed by atoms with Gasteiger partial charge in [-0.3, -0.25) is 9.89 Å². The molecule has 2 N–H and O–H groups in total. The van der Waals surface area contributed by atoms with Gasteiger partial charge in [-0.15, -0.1) is 0 Å². The lowest BCUT2D eigenvalue weighted by molar-refractivity contribution is 0.0953. The highest BCUT2D eigenvalue weighted by atomic mass is 32.2. The third-order valence-electron chi connectivity index (χ3n) is 2.52. The maximum absolute atomic E-state index is 11.6. The molecule has 5 heteroatoms. The smallest absolute Gasteiger partial charge is 0.254 e. The SMILES string of the molecule is O=C(NCC1CCCCS1)c1cn[nH]c1. The predicted molar refractivity (Wildman–Crippen MR) is 61.0 cm³/mol. The Balaban J connectivity index is 1.75. The molecular formula is C10H15N3OS. The minimum Gasteiger partial charge on any atom is -0.351 e. The summed E-state index contributed by atoms with van der Waals surface area (Å²) in [5, 5.41) is 9.91. The summed E-state index contributed by atoms with van der Waals surface area (Å²) in [6.45, 7) is 0.773. The fraction of sp³-hybridized carbons (Fsp3) is 0.600. The molecule has 1 aromatic rings. The molecule has 0 saturated carbocycles. The van der Waals surface area contributed by atoms with Gasteiger partial charge in [0.15, 0.2) is 0 Å². The van der Waals surface area contributed by atoms with Crippen molar-refractivity contribution in [3.8, 4) is 0 Å². The highest BCUT2D eigenvalue weighted by Gasteiger charge is 2.15. The van der Waals surface area contributed by atoms with Gasteiger partial charge in [0.2, 0.25) is 0 Å². The van der Waals surface area contributed by atoms with E-state index in [9.17, 15) is 4.79 Å². The first-order chi connectivity index (χ1) is 7.36. The molecule has 1 aromatic heterocycles. The van der Waals surface area contributed by atoms with Crippen LogP contribution in [-0.2, 0) is 0 Å². The van der Waals surface area contributed by atoms with Crippen LogP contribution < -0.4 is 5.32 Å². The predicted octanol–water partition coefficient (Wildman–Crippen LogP) is 1.43. The Morgan fingerprint density at radius 2 is 2.60 bits per heavy atom. The zero-order chi connectivity index (χ0) is 10.5. The number of H-pyrrole nitrogens is 1. The van der Waals surface area contributed by atoms with Gasteiger partial charge in [0.05, 0.1) is 11.8 Å². The van der Waals surface area contributed by atoms with Crippen molar-refractivity contribution in [3.05, 3.63) is 18.0 Å². The molecule has 2 heterocycles. The number of carbonyl (C=O) groups excluding carboxylic acids is 1. The lowest BCUT2D eigenvalue weighted by Gasteiger charge is -2.21. The zero-order valence-corrected chi connectivity index (χ0v) is 9.35. The van der Waals surface area contributed by atoms with Crippen LogP contribution >= 0.6 is 11.8 Å².